The molecule has 0 bridgehead atoms. The average molecular weight is 512 g/mol. The second-order valence-corrected chi connectivity index (χ2v) is 8.42. The number of benzene rings is 2. The Kier molecular flexibility index (Phi) is 8.74. The molecule has 9 heteroatoms. The van der Waals surface area contributed by atoms with Gasteiger partial charge in [0.15, 0.2) is 0 Å². The Balaban J connectivity index is 1.88. The molecule has 0 aromatic heterocycles. The van der Waals surface area contributed by atoms with Gasteiger partial charge in [0.25, 0.3) is 0 Å². The molecule has 0 saturated heterocycles. The van der Waals surface area contributed by atoms with E-state index in [4.69, 9.17) is 5.84 Å². The number of hydrogen-bond acceptors (Lipinski definition) is 5. The topological polar surface area (TPSA) is 113 Å². The van der Waals surface area contributed by atoms with Gasteiger partial charge in [0.2, 0.25) is 17.7 Å². The Morgan fingerprint density at radius 1 is 0.964 bits per heavy atom. The number of anilines is 2. The predicted octanol–water partition coefficient (Wildman–Crippen LogP) is 2.66. The summed E-state index contributed by atoms with van der Waals surface area (Å²) in [6.45, 7) is 1.96. The summed E-state index contributed by atoms with van der Waals surface area (Å²) < 4.78 is 1.05. The minimum absolute atomic E-state index is 0.0166. The number of hydrazine groups is 1. The Morgan fingerprint density at radius 3 is 2.07 bits per heavy atom. The largest absolute Gasteiger partial charge is 0.326 e. The molecule has 0 radical (unpaired) electrons. The van der Waals surface area contributed by atoms with Gasteiger partial charge in [-0.15, -0.1) is 11.8 Å². The van der Waals surface area contributed by atoms with Crippen molar-refractivity contribution in [3.63, 3.8) is 0 Å². The Morgan fingerprint density at radius 2 is 1.50 bits per heavy atom. The molecule has 0 aliphatic carbocycles. The molecule has 1 atom stereocenters. The molecule has 0 saturated carbocycles. The van der Waals surface area contributed by atoms with E-state index in [1.807, 2.05) is 36.6 Å². The molecule has 5 N–H and O–H groups in total. The van der Waals surface area contributed by atoms with Crippen LogP contribution in [0.15, 0.2) is 48.5 Å². The van der Waals surface area contributed by atoms with Crippen LogP contribution in [0.2, 0.25) is 0 Å². The molecule has 7 nitrogen and oxygen atoms in total. The molecule has 0 fully saturated rings. The Hall–Kier alpha value is -2.11. The van der Waals surface area contributed by atoms with E-state index in [2.05, 4.69) is 33.2 Å². The summed E-state index contributed by atoms with van der Waals surface area (Å²) in [5.41, 5.74) is 4.45. The lowest BCUT2D eigenvalue weighted by atomic mass is 10.2. The van der Waals surface area contributed by atoms with E-state index in [1.54, 1.807) is 24.3 Å². The fraction of sp³-hybridized carbons (Fsp3) is 0.211. The van der Waals surface area contributed by atoms with Crippen molar-refractivity contribution in [2.24, 2.45) is 5.84 Å². The van der Waals surface area contributed by atoms with Crippen LogP contribution in [0.5, 0.6) is 0 Å². The third kappa shape index (κ3) is 7.49. The van der Waals surface area contributed by atoms with Crippen molar-refractivity contribution in [2.75, 3.05) is 16.4 Å². The summed E-state index contributed by atoms with van der Waals surface area (Å²) in [6, 6.07) is 14.7. The highest BCUT2D eigenvalue weighted by Crippen LogP contribution is 2.18. The zero-order chi connectivity index (χ0) is 20.5. The van der Waals surface area contributed by atoms with Crippen molar-refractivity contribution >= 4 is 63.4 Å². The Labute approximate surface area is 181 Å². The molecule has 3 amide bonds. The molecular formula is C19H21IN4O3S. The van der Waals surface area contributed by atoms with Crippen molar-refractivity contribution < 1.29 is 14.4 Å². The van der Waals surface area contributed by atoms with Crippen LogP contribution in [-0.4, -0.2) is 28.7 Å². The predicted molar refractivity (Wildman–Crippen MR) is 121 cm³/mol. The van der Waals surface area contributed by atoms with Gasteiger partial charge in [-0.25, -0.2) is 5.84 Å². The highest BCUT2D eigenvalue weighted by molar-refractivity contribution is 14.1. The summed E-state index contributed by atoms with van der Waals surface area (Å²) in [4.78, 5) is 36.4. The molecule has 148 valence electrons. The molecule has 0 aliphatic heterocycles. The fourth-order valence-electron chi connectivity index (χ4n) is 2.24. The zero-order valence-electron chi connectivity index (χ0n) is 15.2. The maximum atomic E-state index is 12.2. The highest BCUT2D eigenvalue weighted by Gasteiger charge is 2.23. The number of amides is 3. The summed E-state index contributed by atoms with van der Waals surface area (Å²) in [7, 11) is 0. The molecule has 28 heavy (non-hydrogen) atoms. The van der Waals surface area contributed by atoms with Gasteiger partial charge >= 0.3 is 0 Å². The van der Waals surface area contributed by atoms with Crippen molar-refractivity contribution in [2.45, 2.75) is 18.6 Å². The fourth-order valence-corrected chi connectivity index (χ4v) is 3.52. The summed E-state index contributed by atoms with van der Waals surface area (Å²) in [6.07, 6.45) is -0.0997. The number of nitrogens with two attached hydrogens (primary N) is 1. The molecule has 0 spiro atoms. The zero-order valence-corrected chi connectivity index (χ0v) is 18.2. The summed E-state index contributed by atoms with van der Waals surface area (Å²) >= 11 is 3.23. The van der Waals surface area contributed by atoms with Crippen LogP contribution in [0.3, 0.4) is 0 Å². The standard InChI is InChI=1S/C19H21IN4O3S/c1-12-2-6-14(7-3-12)23-18(26)11-28-16(19(27)24-21)10-17(25)22-15-8-4-13(20)5-9-15/h2-9,16H,10-11,21H2,1H3,(H,22,25)(H,23,26)(H,24,27)/t16-/m1/s1. The average Bonchev–Trinajstić information content (AvgIpc) is 2.68. The summed E-state index contributed by atoms with van der Waals surface area (Å²) in [5, 5.41) is 4.71. The monoisotopic (exact) mass is 512 g/mol. The van der Waals surface area contributed by atoms with Gasteiger partial charge in [0.05, 0.1) is 11.0 Å². The summed E-state index contributed by atoms with van der Waals surface area (Å²) in [5.74, 6) is 4.13. The third-order valence-corrected chi connectivity index (χ3v) is 5.62. The lowest BCUT2D eigenvalue weighted by Gasteiger charge is -2.15. The van der Waals surface area contributed by atoms with E-state index < -0.39 is 11.2 Å². The SMILES string of the molecule is Cc1ccc(NC(=O)CS[C@H](CC(=O)Nc2ccc(I)cc2)C(=O)NN)cc1. The number of halogens is 1. The number of carbonyl (C=O) groups excluding carboxylic acids is 3. The van der Waals surface area contributed by atoms with Crippen LogP contribution in [-0.2, 0) is 14.4 Å². The van der Waals surface area contributed by atoms with Gasteiger partial charge in [0, 0.05) is 21.4 Å². The normalized spacial score (nSPS) is 11.4. The lowest BCUT2D eigenvalue weighted by molar-refractivity contribution is -0.123. The van der Waals surface area contributed by atoms with Crippen LogP contribution in [0.1, 0.15) is 12.0 Å². The van der Waals surface area contributed by atoms with E-state index in [-0.39, 0.29) is 24.0 Å². The number of thioether (sulfide) groups is 1. The quantitative estimate of drug-likeness (QED) is 0.188. The van der Waals surface area contributed by atoms with Gasteiger partial charge in [0.1, 0.15) is 0 Å². The number of hydrogen-bond donors (Lipinski definition) is 4. The van der Waals surface area contributed by atoms with E-state index in [9.17, 15) is 14.4 Å². The van der Waals surface area contributed by atoms with Crippen molar-refractivity contribution in [3.8, 4) is 0 Å². The lowest BCUT2D eigenvalue weighted by Crippen LogP contribution is -2.40. The minimum Gasteiger partial charge on any atom is -0.326 e. The van der Waals surface area contributed by atoms with Crippen molar-refractivity contribution in [3.05, 3.63) is 57.7 Å². The van der Waals surface area contributed by atoms with E-state index in [0.29, 0.717) is 11.4 Å². The minimum atomic E-state index is -0.780. The second-order valence-electron chi connectivity index (χ2n) is 5.98. The first kappa shape index (κ1) is 22.2. The first-order valence-electron chi connectivity index (χ1n) is 8.41. The number of aryl methyl sites for hydroxylation is 1. The molecule has 0 unspecified atom stereocenters. The van der Waals surface area contributed by atoms with Gasteiger partial charge in [-0.2, -0.15) is 0 Å². The van der Waals surface area contributed by atoms with Crippen LogP contribution in [0.25, 0.3) is 0 Å². The van der Waals surface area contributed by atoms with Crippen LogP contribution in [0.4, 0.5) is 11.4 Å². The van der Waals surface area contributed by atoms with Crippen molar-refractivity contribution in [1.82, 2.24) is 5.43 Å². The van der Waals surface area contributed by atoms with Gasteiger partial charge in [-0.05, 0) is 65.9 Å². The molecular weight excluding hydrogens is 491 g/mol. The maximum Gasteiger partial charge on any atom is 0.247 e. The third-order valence-electron chi connectivity index (χ3n) is 3.68. The van der Waals surface area contributed by atoms with Gasteiger partial charge < -0.3 is 10.6 Å². The van der Waals surface area contributed by atoms with Crippen molar-refractivity contribution in [1.29, 1.82) is 0 Å². The molecule has 2 aromatic rings. The molecule has 2 rings (SSSR count). The first-order valence-corrected chi connectivity index (χ1v) is 10.5. The van der Waals surface area contributed by atoms with E-state index >= 15 is 0 Å². The van der Waals surface area contributed by atoms with Crippen LogP contribution in [0, 0.1) is 10.5 Å². The molecule has 0 heterocycles. The molecule has 2 aromatic carbocycles. The molecule has 0 aliphatic rings. The number of rotatable bonds is 8. The first-order chi connectivity index (χ1) is 13.4. The number of nitrogens with one attached hydrogen (secondary N) is 3. The maximum absolute atomic E-state index is 12.2. The van der Waals surface area contributed by atoms with Crippen LogP contribution >= 0.6 is 34.4 Å². The second kappa shape index (κ2) is 11.0. The van der Waals surface area contributed by atoms with E-state index in [1.165, 1.54) is 0 Å². The van der Waals surface area contributed by atoms with Gasteiger partial charge in [-0.1, -0.05) is 17.7 Å². The van der Waals surface area contributed by atoms with Crippen LogP contribution < -0.4 is 21.9 Å². The Bertz CT molecular complexity index is 828. The highest BCUT2D eigenvalue weighted by atomic mass is 127. The van der Waals surface area contributed by atoms with Gasteiger partial charge in [-0.3, -0.25) is 19.8 Å². The smallest absolute Gasteiger partial charge is 0.247 e. The van der Waals surface area contributed by atoms with E-state index in [0.717, 1.165) is 20.9 Å². The number of carbonyl (C=O) groups is 3.